The Hall–Kier alpha value is -0.460. The highest BCUT2D eigenvalue weighted by Gasteiger charge is 2.40. The molecule has 0 aromatic carbocycles. The maximum atomic E-state index is 9.78. The summed E-state index contributed by atoms with van der Waals surface area (Å²) in [5.74, 6) is 0. The first-order valence-electron chi connectivity index (χ1n) is 9.55. The van der Waals surface area contributed by atoms with Gasteiger partial charge in [-0.3, -0.25) is 0 Å². The minimum absolute atomic E-state index is 0.0949. The molecule has 1 aliphatic heterocycles. The van der Waals surface area contributed by atoms with Crippen LogP contribution in [-0.4, -0.2) is 59.6 Å². The van der Waals surface area contributed by atoms with Gasteiger partial charge < -0.3 is 24.8 Å². The highest BCUT2D eigenvalue weighted by molar-refractivity contribution is 4.88. The summed E-state index contributed by atoms with van der Waals surface area (Å²) < 4.78 is 10.9. The molecule has 5 heteroatoms. The predicted octanol–water partition coefficient (Wildman–Crippen LogP) is 2.57. The summed E-state index contributed by atoms with van der Waals surface area (Å²) in [4.78, 5) is 0. The summed E-state index contributed by atoms with van der Waals surface area (Å²) in [5.41, 5.74) is 0. The van der Waals surface area contributed by atoms with Crippen molar-refractivity contribution in [1.29, 1.82) is 0 Å². The molecular weight excluding hydrogens is 308 g/mol. The molecule has 4 atom stereocenters. The minimum atomic E-state index is -0.980. The molecule has 24 heavy (non-hydrogen) atoms. The molecule has 1 fully saturated rings. The monoisotopic (exact) mass is 344 g/mol. The molecule has 0 aliphatic carbocycles. The van der Waals surface area contributed by atoms with E-state index in [1.54, 1.807) is 0 Å². The van der Waals surface area contributed by atoms with E-state index < -0.39 is 24.4 Å². The quantitative estimate of drug-likeness (QED) is 0.333. The third kappa shape index (κ3) is 8.58. The molecule has 1 aliphatic rings. The van der Waals surface area contributed by atoms with Gasteiger partial charge in [0.1, 0.15) is 24.4 Å². The van der Waals surface area contributed by atoms with Gasteiger partial charge in [-0.1, -0.05) is 44.8 Å². The fourth-order valence-corrected chi connectivity index (χ4v) is 2.90. The number of unbranched alkanes of at least 4 members (excludes halogenated alkanes) is 7. The van der Waals surface area contributed by atoms with E-state index in [0.29, 0.717) is 6.61 Å². The Morgan fingerprint density at radius 3 is 2.29 bits per heavy atom. The maximum Gasteiger partial charge on any atom is 0.114 e. The molecule has 0 aromatic heterocycles. The molecule has 0 saturated carbocycles. The van der Waals surface area contributed by atoms with Crippen LogP contribution in [0.5, 0.6) is 0 Å². The highest BCUT2D eigenvalue weighted by Crippen LogP contribution is 2.19. The minimum Gasteiger partial charge on any atom is -0.394 e. The molecule has 1 saturated heterocycles. The smallest absolute Gasteiger partial charge is 0.114 e. The molecule has 0 radical (unpaired) electrons. The summed E-state index contributed by atoms with van der Waals surface area (Å²) in [5, 5.41) is 28.6. The van der Waals surface area contributed by atoms with Gasteiger partial charge >= 0.3 is 0 Å². The van der Waals surface area contributed by atoms with Crippen LogP contribution in [-0.2, 0) is 9.47 Å². The second kappa shape index (κ2) is 13.8. The number of ether oxygens (including phenoxy) is 2. The highest BCUT2D eigenvalue weighted by atomic mass is 16.6. The van der Waals surface area contributed by atoms with Gasteiger partial charge in [-0.2, -0.15) is 0 Å². The van der Waals surface area contributed by atoms with Gasteiger partial charge in [-0.05, 0) is 32.1 Å². The molecule has 0 amide bonds. The molecule has 0 bridgehead atoms. The molecule has 0 aromatic rings. The second-order valence-electron chi connectivity index (χ2n) is 6.62. The van der Waals surface area contributed by atoms with Crippen molar-refractivity contribution in [1.82, 2.24) is 0 Å². The van der Waals surface area contributed by atoms with E-state index >= 15 is 0 Å². The Bertz CT molecular complexity index is 321. The van der Waals surface area contributed by atoms with E-state index in [2.05, 4.69) is 19.1 Å². The lowest BCUT2D eigenvalue weighted by atomic mass is 10.1. The third-order valence-corrected chi connectivity index (χ3v) is 4.47. The van der Waals surface area contributed by atoms with Crippen LogP contribution in [0.1, 0.15) is 64.7 Å². The van der Waals surface area contributed by atoms with Gasteiger partial charge in [-0.15, -0.1) is 0 Å². The lowest BCUT2D eigenvalue weighted by Gasteiger charge is -2.24. The average molecular weight is 344 g/mol. The summed E-state index contributed by atoms with van der Waals surface area (Å²) in [6, 6.07) is 0. The maximum absolute atomic E-state index is 9.78. The van der Waals surface area contributed by atoms with Crippen molar-refractivity contribution in [3.05, 3.63) is 12.2 Å². The van der Waals surface area contributed by atoms with Crippen molar-refractivity contribution in [3.8, 4) is 0 Å². The van der Waals surface area contributed by atoms with Crippen molar-refractivity contribution < 1.29 is 24.8 Å². The number of aliphatic hydroxyl groups excluding tert-OH is 3. The largest absolute Gasteiger partial charge is 0.394 e. The zero-order valence-electron chi connectivity index (χ0n) is 15.1. The Morgan fingerprint density at radius 1 is 1.04 bits per heavy atom. The molecule has 1 rings (SSSR count). The zero-order chi connectivity index (χ0) is 17.6. The van der Waals surface area contributed by atoms with Crippen LogP contribution in [0.4, 0.5) is 0 Å². The van der Waals surface area contributed by atoms with Crippen LogP contribution in [0.15, 0.2) is 12.2 Å². The number of hydrogen-bond donors (Lipinski definition) is 3. The van der Waals surface area contributed by atoms with Gasteiger partial charge in [0, 0.05) is 6.61 Å². The number of hydrogen-bond acceptors (Lipinski definition) is 5. The Kier molecular flexibility index (Phi) is 12.4. The van der Waals surface area contributed by atoms with Crippen LogP contribution >= 0.6 is 0 Å². The first-order chi connectivity index (χ1) is 11.7. The molecule has 1 heterocycles. The van der Waals surface area contributed by atoms with Crippen molar-refractivity contribution >= 4 is 0 Å². The Morgan fingerprint density at radius 2 is 1.71 bits per heavy atom. The van der Waals surface area contributed by atoms with E-state index in [9.17, 15) is 15.3 Å². The SMILES string of the molecule is CCCCC/C=C/CCCCCCO[C@@H](CO)[C@H]1OC[C@@H](O)[C@H]1O. The van der Waals surface area contributed by atoms with Crippen LogP contribution in [0, 0.1) is 0 Å². The van der Waals surface area contributed by atoms with Gasteiger partial charge in [0.25, 0.3) is 0 Å². The summed E-state index contributed by atoms with van der Waals surface area (Å²) in [6.45, 7) is 2.65. The molecule has 142 valence electrons. The topological polar surface area (TPSA) is 79.2 Å². The Labute approximate surface area is 146 Å². The third-order valence-electron chi connectivity index (χ3n) is 4.47. The van der Waals surface area contributed by atoms with Gasteiger partial charge in [0.2, 0.25) is 0 Å². The first kappa shape index (κ1) is 21.6. The number of aliphatic hydroxyl groups is 3. The normalized spacial score (nSPS) is 25.6. The first-order valence-corrected chi connectivity index (χ1v) is 9.55. The summed E-state index contributed by atoms with van der Waals surface area (Å²) >= 11 is 0. The molecule has 5 nitrogen and oxygen atoms in total. The van der Waals surface area contributed by atoms with Crippen LogP contribution in [0.25, 0.3) is 0 Å². The fraction of sp³-hybridized carbons (Fsp3) is 0.895. The number of allylic oxidation sites excluding steroid dienone is 2. The standard InChI is InChI=1S/C19H36O5/c1-2-3-4-5-6-7-8-9-10-11-12-13-23-17(14-20)19-18(22)16(21)15-24-19/h6-7,16-22H,2-5,8-15H2,1H3/b7-6+/t16-,17+,18-,19-/m1/s1. The molecular formula is C19H36O5. The van der Waals surface area contributed by atoms with Crippen LogP contribution in [0.2, 0.25) is 0 Å². The molecule has 3 N–H and O–H groups in total. The number of rotatable bonds is 14. The van der Waals surface area contributed by atoms with Crippen LogP contribution < -0.4 is 0 Å². The van der Waals surface area contributed by atoms with Gasteiger partial charge in [0.05, 0.1) is 13.2 Å². The predicted molar refractivity (Wildman–Crippen MR) is 94.9 cm³/mol. The van der Waals surface area contributed by atoms with E-state index in [0.717, 1.165) is 19.3 Å². The van der Waals surface area contributed by atoms with Gasteiger partial charge in [-0.25, -0.2) is 0 Å². The summed E-state index contributed by atoms with van der Waals surface area (Å²) in [7, 11) is 0. The lowest BCUT2D eigenvalue weighted by molar-refractivity contribution is -0.101. The average Bonchev–Trinajstić information content (AvgIpc) is 2.92. The summed E-state index contributed by atoms with van der Waals surface area (Å²) in [6.07, 6.45) is 12.2. The second-order valence-corrected chi connectivity index (χ2v) is 6.62. The van der Waals surface area contributed by atoms with E-state index in [1.165, 1.54) is 38.5 Å². The molecule has 0 spiro atoms. The lowest BCUT2D eigenvalue weighted by Crippen LogP contribution is -2.42. The van der Waals surface area contributed by atoms with E-state index in [1.807, 2.05) is 0 Å². The zero-order valence-corrected chi connectivity index (χ0v) is 15.1. The van der Waals surface area contributed by atoms with Crippen molar-refractivity contribution in [2.75, 3.05) is 19.8 Å². The molecule has 0 unspecified atom stereocenters. The van der Waals surface area contributed by atoms with E-state index in [4.69, 9.17) is 9.47 Å². The van der Waals surface area contributed by atoms with Gasteiger partial charge in [0.15, 0.2) is 0 Å². The van der Waals surface area contributed by atoms with E-state index in [-0.39, 0.29) is 13.2 Å². The van der Waals surface area contributed by atoms with Crippen molar-refractivity contribution in [3.63, 3.8) is 0 Å². The van der Waals surface area contributed by atoms with Crippen molar-refractivity contribution in [2.45, 2.75) is 89.1 Å². The Balaban J connectivity index is 1.97. The van der Waals surface area contributed by atoms with Crippen LogP contribution in [0.3, 0.4) is 0 Å². The fourth-order valence-electron chi connectivity index (χ4n) is 2.90. The van der Waals surface area contributed by atoms with Crippen molar-refractivity contribution in [2.24, 2.45) is 0 Å².